The minimum Gasteiger partial charge on any atom is -0.244 e. The summed E-state index contributed by atoms with van der Waals surface area (Å²) in [7, 11) is 0. The van der Waals surface area contributed by atoms with Crippen LogP contribution >= 0.6 is 23.3 Å². The summed E-state index contributed by atoms with van der Waals surface area (Å²) >= 11 is 3.62. The molecule has 2 nitrogen and oxygen atoms in total. The zero-order chi connectivity index (χ0) is 18.0. The molecule has 0 bridgehead atoms. The molecule has 0 spiro atoms. The second kappa shape index (κ2) is 10.5. The number of fused-ring (bicyclic) bond motifs is 1. The van der Waals surface area contributed by atoms with Gasteiger partial charge in [-0.3, -0.25) is 0 Å². The van der Waals surface area contributed by atoms with E-state index in [-0.39, 0.29) is 0 Å². The number of benzene rings is 2. The van der Waals surface area contributed by atoms with E-state index in [1.807, 2.05) is 11.9 Å². The quantitative estimate of drug-likeness (QED) is 0.280. The van der Waals surface area contributed by atoms with E-state index >= 15 is 0 Å². The van der Waals surface area contributed by atoms with Gasteiger partial charge in [0.2, 0.25) is 0 Å². The van der Waals surface area contributed by atoms with Crippen LogP contribution in [0.1, 0.15) is 38.2 Å². The molecule has 0 aliphatic carbocycles. The first kappa shape index (κ1) is 19.2. The van der Waals surface area contributed by atoms with Crippen molar-refractivity contribution < 1.29 is 0 Å². The highest BCUT2D eigenvalue weighted by atomic mass is 32.2. The molecule has 0 radical (unpaired) electrons. The van der Waals surface area contributed by atoms with Crippen molar-refractivity contribution in [1.29, 1.82) is 0 Å². The first-order valence-corrected chi connectivity index (χ1v) is 10.9. The number of unbranched alkanes of at least 4 members (excludes halogenated alkanes) is 2. The van der Waals surface area contributed by atoms with E-state index in [9.17, 15) is 0 Å². The number of hydrogen-bond donors (Lipinski definition) is 0. The molecule has 3 aromatic rings. The van der Waals surface area contributed by atoms with Gasteiger partial charge in [-0.25, -0.2) is 9.29 Å². The average Bonchev–Trinajstić information content (AvgIpc) is 3.08. The van der Waals surface area contributed by atoms with Gasteiger partial charge < -0.3 is 0 Å². The molecule has 0 unspecified atom stereocenters. The van der Waals surface area contributed by atoms with Crippen LogP contribution in [-0.2, 0) is 0 Å². The summed E-state index contributed by atoms with van der Waals surface area (Å²) in [6.07, 6.45) is 9.25. The van der Waals surface area contributed by atoms with E-state index in [2.05, 4.69) is 78.0 Å². The molecular weight excluding hydrogens is 356 g/mol. The van der Waals surface area contributed by atoms with Crippen LogP contribution in [0.15, 0.2) is 65.0 Å². The maximum absolute atomic E-state index is 4.77. The Hall–Kier alpha value is -1.62. The maximum atomic E-state index is 4.77. The van der Waals surface area contributed by atoms with Gasteiger partial charge in [-0.05, 0) is 48.9 Å². The van der Waals surface area contributed by atoms with Crippen LogP contribution in [0.3, 0.4) is 0 Å². The Morgan fingerprint density at radius 3 is 2.58 bits per heavy atom. The van der Waals surface area contributed by atoms with E-state index in [0.29, 0.717) is 0 Å². The summed E-state index contributed by atoms with van der Waals surface area (Å²) < 4.78 is 4.91. The lowest BCUT2D eigenvalue weighted by Gasteiger charge is -2.19. The number of aromatic nitrogens is 1. The summed E-state index contributed by atoms with van der Waals surface area (Å²) in [6, 6.07) is 18.9. The van der Waals surface area contributed by atoms with E-state index in [1.54, 1.807) is 11.3 Å². The molecule has 3 rings (SSSR count). The van der Waals surface area contributed by atoms with Gasteiger partial charge in [0.25, 0.3) is 0 Å². The van der Waals surface area contributed by atoms with Gasteiger partial charge in [0.1, 0.15) is 0 Å². The number of para-hydroxylation sites is 1. The molecule has 0 aliphatic heterocycles. The normalized spacial score (nSPS) is 11.8. The Kier molecular flexibility index (Phi) is 7.74. The molecule has 0 atom stereocenters. The van der Waals surface area contributed by atoms with Crippen molar-refractivity contribution in [3.63, 3.8) is 0 Å². The predicted molar refractivity (Wildman–Crippen MR) is 117 cm³/mol. The molecule has 1 aromatic heterocycles. The van der Waals surface area contributed by atoms with E-state index in [1.165, 1.54) is 29.5 Å². The van der Waals surface area contributed by atoms with Gasteiger partial charge in [0.05, 0.1) is 10.2 Å². The Balaban J connectivity index is 1.51. The molecule has 4 heteroatoms. The number of allylic oxidation sites excluding steroid dienone is 1. The fraction of sp³-hybridized carbons (Fsp3) is 0.318. The van der Waals surface area contributed by atoms with Crippen molar-refractivity contribution in [3.8, 4) is 0 Å². The first-order valence-electron chi connectivity index (χ1n) is 9.35. The van der Waals surface area contributed by atoms with Gasteiger partial charge in [0.15, 0.2) is 4.34 Å². The second-order valence-electron chi connectivity index (χ2n) is 6.28. The van der Waals surface area contributed by atoms with Gasteiger partial charge in [0, 0.05) is 13.1 Å². The molecule has 0 saturated heterocycles. The Morgan fingerprint density at radius 1 is 1.00 bits per heavy atom. The van der Waals surface area contributed by atoms with Crippen molar-refractivity contribution in [3.05, 3.63) is 66.2 Å². The number of rotatable bonds is 10. The summed E-state index contributed by atoms with van der Waals surface area (Å²) in [4.78, 5) is 4.77. The number of nitrogens with zero attached hydrogens (tertiary/aromatic N) is 2. The van der Waals surface area contributed by atoms with Crippen LogP contribution in [0.2, 0.25) is 0 Å². The van der Waals surface area contributed by atoms with Crippen LogP contribution < -0.4 is 0 Å². The highest BCUT2D eigenvalue weighted by Crippen LogP contribution is 2.31. The molecule has 0 aliphatic rings. The fourth-order valence-electron chi connectivity index (χ4n) is 2.71. The molecule has 136 valence electrons. The van der Waals surface area contributed by atoms with Gasteiger partial charge in [-0.2, -0.15) is 0 Å². The lowest BCUT2D eigenvalue weighted by molar-refractivity contribution is 0.448. The Labute approximate surface area is 165 Å². The molecule has 2 aromatic carbocycles. The molecule has 0 fully saturated rings. The topological polar surface area (TPSA) is 16.1 Å². The second-order valence-corrected chi connectivity index (χ2v) is 8.65. The zero-order valence-electron chi connectivity index (χ0n) is 15.3. The van der Waals surface area contributed by atoms with Crippen LogP contribution in [0.25, 0.3) is 16.3 Å². The van der Waals surface area contributed by atoms with E-state index < -0.39 is 0 Å². The molecule has 26 heavy (non-hydrogen) atoms. The van der Waals surface area contributed by atoms with Crippen molar-refractivity contribution >= 4 is 39.6 Å². The summed E-state index contributed by atoms with van der Waals surface area (Å²) in [6.45, 7) is 4.47. The molecular formula is C22H26N2S2. The third-order valence-electron chi connectivity index (χ3n) is 4.13. The minimum atomic E-state index is 1.10. The lowest BCUT2D eigenvalue weighted by atomic mass is 10.2. The van der Waals surface area contributed by atoms with E-state index in [4.69, 9.17) is 4.98 Å². The third-order valence-corrected chi connectivity index (χ3v) is 6.31. The van der Waals surface area contributed by atoms with Crippen LogP contribution in [0.5, 0.6) is 0 Å². The highest BCUT2D eigenvalue weighted by molar-refractivity contribution is 7.98. The van der Waals surface area contributed by atoms with Crippen LogP contribution in [0, 0.1) is 0 Å². The summed E-state index contributed by atoms with van der Waals surface area (Å²) in [5.74, 6) is 0. The summed E-state index contributed by atoms with van der Waals surface area (Å²) in [5.41, 5.74) is 2.39. The number of hydrogen-bond acceptors (Lipinski definition) is 4. The SMILES string of the molecule is CCCCN(CCC/C=C/c1ccccc1)Sc1nc2ccccc2s1. The largest absolute Gasteiger partial charge is 0.244 e. The molecule has 0 amide bonds. The smallest absolute Gasteiger partial charge is 0.166 e. The van der Waals surface area contributed by atoms with E-state index in [0.717, 1.165) is 29.4 Å². The standard InChI is InChI=1S/C22H26N2S2/c1-2-3-17-24(18-11-5-8-14-19-12-6-4-7-13-19)26-22-23-20-15-9-10-16-21(20)25-22/h4,6-10,12-16H,2-3,5,11,17-18H2,1H3/b14-8+. The molecule has 0 N–H and O–H groups in total. The Morgan fingerprint density at radius 2 is 1.77 bits per heavy atom. The first-order chi connectivity index (χ1) is 12.8. The van der Waals surface area contributed by atoms with Gasteiger partial charge in [-0.15, -0.1) is 11.3 Å². The lowest BCUT2D eigenvalue weighted by Crippen LogP contribution is -2.18. The van der Waals surface area contributed by atoms with Crippen molar-refractivity contribution in [2.24, 2.45) is 0 Å². The molecule has 1 heterocycles. The van der Waals surface area contributed by atoms with Crippen molar-refractivity contribution in [1.82, 2.24) is 9.29 Å². The number of thiazole rings is 1. The highest BCUT2D eigenvalue weighted by Gasteiger charge is 2.10. The predicted octanol–water partition coefficient (Wildman–Crippen LogP) is 6.90. The molecule has 0 saturated carbocycles. The van der Waals surface area contributed by atoms with Gasteiger partial charge in [-0.1, -0.05) is 68.0 Å². The maximum Gasteiger partial charge on any atom is 0.166 e. The average molecular weight is 383 g/mol. The zero-order valence-corrected chi connectivity index (χ0v) is 16.9. The van der Waals surface area contributed by atoms with Crippen molar-refractivity contribution in [2.75, 3.05) is 13.1 Å². The monoisotopic (exact) mass is 382 g/mol. The van der Waals surface area contributed by atoms with Crippen LogP contribution in [0.4, 0.5) is 0 Å². The van der Waals surface area contributed by atoms with Crippen molar-refractivity contribution in [2.45, 2.75) is 36.9 Å². The minimum absolute atomic E-state index is 1.10. The van der Waals surface area contributed by atoms with Crippen LogP contribution in [-0.4, -0.2) is 22.4 Å². The summed E-state index contributed by atoms with van der Waals surface area (Å²) in [5, 5.41) is 0. The fourth-order valence-corrected chi connectivity index (χ4v) is 4.94. The Bertz CT molecular complexity index is 778. The van der Waals surface area contributed by atoms with Gasteiger partial charge >= 0.3 is 0 Å². The third kappa shape index (κ3) is 5.97.